The molecule has 8 heteroatoms. The smallest absolute Gasteiger partial charge is 0.463 e. The third kappa shape index (κ3) is 18.3. The van der Waals surface area contributed by atoms with Crippen molar-refractivity contribution in [2.75, 3.05) is 20.3 Å². The molecule has 156 valence electrons. The van der Waals surface area contributed by atoms with Crippen molar-refractivity contribution in [2.24, 2.45) is 0 Å². The molecule has 0 heterocycles. The molecule has 0 fully saturated rings. The number of esters is 1. The number of phosphoric acid groups is 1. The first-order chi connectivity index (χ1) is 12.4. The number of hydrogen-bond acceptors (Lipinski definition) is 5. The zero-order valence-corrected chi connectivity index (χ0v) is 17.3. The molecule has 0 rings (SSSR count). The summed E-state index contributed by atoms with van der Waals surface area (Å²) in [6.07, 6.45) is 13.1. The van der Waals surface area contributed by atoms with Crippen LogP contribution in [0.5, 0.6) is 0 Å². The predicted molar refractivity (Wildman–Crippen MR) is 101 cm³/mol. The van der Waals surface area contributed by atoms with Crippen molar-refractivity contribution < 1.29 is 33.1 Å². The SMILES string of the molecule is CCCCCCCCCCCCCC(=O)OCC(COP(=O)(O)O)OC. The molecule has 1 atom stereocenters. The van der Waals surface area contributed by atoms with E-state index in [2.05, 4.69) is 11.4 Å². The van der Waals surface area contributed by atoms with Crippen molar-refractivity contribution >= 4 is 13.8 Å². The zero-order valence-electron chi connectivity index (χ0n) is 16.4. The van der Waals surface area contributed by atoms with Gasteiger partial charge in [0.1, 0.15) is 12.7 Å². The van der Waals surface area contributed by atoms with Gasteiger partial charge in [-0.25, -0.2) is 4.57 Å². The maximum atomic E-state index is 11.7. The van der Waals surface area contributed by atoms with Gasteiger partial charge >= 0.3 is 13.8 Å². The van der Waals surface area contributed by atoms with E-state index in [0.29, 0.717) is 6.42 Å². The summed E-state index contributed by atoms with van der Waals surface area (Å²) in [6.45, 7) is 1.83. The van der Waals surface area contributed by atoms with Crippen LogP contribution >= 0.6 is 7.82 Å². The Morgan fingerprint density at radius 3 is 1.85 bits per heavy atom. The fourth-order valence-corrected chi connectivity index (χ4v) is 2.92. The summed E-state index contributed by atoms with van der Waals surface area (Å²) in [7, 11) is -3.18. The van der Waals surface area contributed by atoms with Gasteiger partial charge in [0, 0.05) is 13.5 Å². The quantitative estimate of drug-likeness (QED) is 0.202. The van der Waals surface area contributed by atoms with Gasteiger partial charge in [-0.1, -0.05) is 71.1 Å². The summed E-state index contributed by atoms with van der Waals surface area (Å²) < 4.78 is 25.0. The van der Waals surface area contributed by atoms with E-state index < -0.39 is 13.9 Å². The van der Waals surface area contributed by atoms with Gasteiger partial charge in [-0.05, 0) is 6.42 Å². The van der Waals surface area contributed by atoms with E-state index in [1.807, 2.05) is 0 Å². The number of rotatable bonds is 18. The van der Waals surface area contributed by atoms with E-state index in [9.17, 15) is 9.36 Å². The van der Waals surface area contributed by atoms with E-state index in [1.165, 1.54) is 58.5 Å². The van der Waals surface area contributed by atoms with Crippen LogP contribution in [-0.2, 0) is 23.4 Å². The summed E-state index contributed by atoms with van der Waals surface area (Å²) >= 11 is 0. The summed E-state index contributed by atoms with van der Waals surface area (Å²) in [6, 6.07) is 0. The molecular weight excluding hydrogens is 359 g/mol. The summed E-state index contributed by atoms with van der Waals surface area (Å²) in [5, 5.41) is 0. The molecule has 0 aliphatic carbocycles. The van der Waals surface area contributed by atoms with Gasteiger partial charge in [-0.15, -0.1) is 0 Å². The average Bonchev–Trinajstić information content (AvgIpc) is 2.59. The number of carbonyl (C=O) groups is 1. The minimum Gasteiger partial charge on any atom is -0.463 e. The lowest BCUT2D eigenvalue weighted by molar-refractivity contribution is -0.148. The average molecular weight is 396 g/mol. The first-order valence-corrected chi connectivity index (χ1v) is 11.3. The van der Waals surface area contributed by atoms with Crippen molar-refractivity contribution in [2.45, 2.75) is 90.1 Å². The van der Waals surface area contributed by atoms with Crippen LogP contribution in [0.4, 0.5) is 0 Å². The number of unbranched alkanes of at least 4 members (excludes halogenated alkanes) is 10. The van der Waals surface area contributed by atoms with Crippen LogP contribution in [0.2, 0.25) is 0 Å². The van der Waals surface area contributed by atoms with Gasteiger partial charge < -0.3 is 19.3 Å². The third-order valence-electron chi connectivity index (χ3n) is 4.18. The third-order valence-corrected chi connectivity index (χ3v) is 4.66. The number of phosphoric ester groups is 1. The topological polar surface area (TPSA) is 102 Å². The first kappa shape index (κ1) is 25.5. The monoisotopic (exact) mass is 396 g/mol. The molecule has 0 aromatic carbocycles. The number of carbonyl (C=O) groups excluding carboxylic acids is 1. The second kappa shape index (κ2) is 16.7. The van der Waals surface area contributed by atoms with E-state index >= 15 is 0 Å². The highest BCUT2D eigenvalue weighted by Crippen LogP contribution is 2.35. The van der Waals surface area contributed by atoms with Gasteiger partial charge in [0.2, 0.25) is 0 Å². The molecule has 0 aliphatic heterocycles. The Balaban J connectivity index is 3.49. The van der Waals surface area contributed by atoms with E-state index in [0.717, 1.165) is 19.3 Å². The second-order valence-corrected chi connectivity index (χ2v) is 7.85. The molecule has 7 nitrogen and oxygen atoms in total. The summed E-state index contributed by atoms with van der Waals surface area (Å²) in [5.74, 6) is -0.320. The highest BCUT2D eigenvalue weighted by molar-refractivity contribution is 7.46. The fourth-order valence-electron chi connectivity index (χ4n) is 2.56. The lowest BCUT2D eigenvalue weighted by Gasteiger charge is -2.15. The van der Waals surface area contributed by atoms with Crippen LogP contribution in [0.15, 0.2) is 0 Å². The van der Waals surface area contributed by atoms with Crippen LogP contribution < -0.4 is 0 Å². The predicted octanol–water partition coefficient (Wildman–Crippen LogP) is 4.36. The van der Waals surface area contributed by atoms with Crippen LogP contribution in [0, 0.1) is 0 Å². The van der Waals surface area contributed by atoms with Crippen molar-refractivity contribution in [3.63, 3.8) is 0 Å². The largest absolute Gasteiger partial charge is 0.469 e. The minimum absolute atomic E-state index is 0.0760. The molecule has 0 amide bonds. The van der Waals surface area contributed by atoms with E-state index in [1.54, 1.807) is 0 Å². The first-order valence-electron chi connectivity index (χ1n) is 9.77. The Labute approximate surface area is 158 Å². The molecular formula is C18H37O7P. The molecule has 0 saturated heterocycles. The summed E-state index contributed by atoms with van der Waals surface area (Å²) in [4.78, 5) is 28.9. The van der Waals surface area contributed by atoms with Crippen LogP contribution in [-0.4, -0.2) is 42.2 Å². The lowest BCUT2D eigenvalue weighted by atomic mass is 10.1. The minimum atomic E-state index is -4.54. The molecule has 0 aromatic rings. The Morgan fingerprint density at radius 2 is 1.38 bits per heavy atom. The van der Waals surface area contributed by atoms with Gasteiger partial charge in [0.25, 0.3) is 0 Å². The van der Waals surface area contributed by atoms with Crippen molar-refractivity contribution in [3.8, 4) is 0 Å². The Bertz CT molecular complexity index is 384. The molecule has 1 unspecified atom stereocenters. The Kier molecular flexibility index (Phi) is 16.4. The van der Waals surface area contributed by atoms with Gasteiger partial charge in [0.05, 0.1) is 6.61 Å². The van der Waals surface area contributed by atoms with Gasteiger partial charge in [-0.2, -0.15) is 0 Å². The molecule has 0 bridgehead atoms. The number of hydrogen-bond donors (Lipinski definition) is 2. The molecule has 0 radical (unpaired) electrons. The standard InChI is InChI=1S/C18H37O7P/c1-3-4-5-6-7-8-9-10-11-12-13-14-18(19)24-15-17(23-2)16-25-26(20,21)22/h17H,3-16H2,1-2H3,(H2,20,21,22). The van der Waals surface area contributed by atoms with Crippen molar-refractivity contribution in [1.29, 1.82) is 0 Å². The molecule has 0 spiro atoms. The molecule has 0 aromatic heterocycles. The highest BCUT2D eigenvalue weighted by Gasteiger charge is 2.19. The second-order valence-electron chi connectivity index (χ2n) is 6.61. The number of methoxy groups -OCH3 is 1. The normalized spacial score (nSPS) is 12.9. The number of ether oxygens (including phenoxy) is 2. The molecule has 0 saturated carbocycles. The fraction of sp³-hybridized carbons (Fsp3) is 0.944. The van der Waals surface area contributed by atoms with Crippen LogP contribution in [0.25, 0.3) is 0 Å². The maximum absolute atomic E-state index is 11.7. The van der Waals surface area contributed by atoms with E-state index in [-0.39, 0.29) is 19.2 Å². The lowest BCUT2D eigenvalue weighted by Crippen LogP contribution is -2.25. The summed E-state index contributed by atoms with van der Waals surface area (Å²) in [5.41, 5.74) is 0. The van der Waals surface area contributed by atoms with Gasteiger partial charge in [0.15, 0.2) is 0 Å². The highest BCUT2D eigenvalue weighted by atomic mass is 31.2. The molecule has 2 N–H and O–H groups in total. The zero-order chi connectivity index (χ0) is 19.7. The van der Waals surface area contributed by atoms with Crippen LogP contribution in [0.3, 0.4) is 0 Å². The van der Waals surface area contributed by atoms with Crippen molar-refractivity contribution in [3.05, 3.63) is 0 Å². The Morgan fingerprint density at radius 1 is 0.885 bits per heavy atom. The maximum Gasteiger partial charge on any atom is 0.469 e. The molecule has 26 heavy (non-hydrogen) atoms. The van der Waals surface area contributed by atoms with Gasteiger partial charge in [-0.3, -0.25) is 9.32 Å². The molecule has 0 aliphatic rings. The Hall–Kier alpha value is -0.460. The van der Waals surface area contributed by atoms with E-state index in [4.69, 9.17) is 19.3 Å². The van der Waals surface area contributed by atoms with Crippen molar-refractivity contribution in [1.82, 2.24) is 0 Å². The van der Waals surface area contributed by atoms with Crippen LogP contribution in [0.1, 0.15) is 84.0 Å².